The lowest BCUT2D eigenvalue weighted by atomic mass is 10.1. The first-order chi connectivity index (χ1) is 14.2. The van der Waals surface area contributed by atoms with Crippen molar-refractivity contribution in [3.8, 4) is 0 Å². The Morgan fingerprint density at radius 1 is 1.24 bits per heavy atom. The van der Waals surface area contributed by atoms with Gasteiger partial charge in [-0.05, 0) is 31.9 Å². The summed E-state index contributed by atoms with van der Waals surface area (Å²) in [6, 6.07) is 5.83. The molecule has 2 N–H and O–H groups in total. The van der Waals surface area contributed by atoms with Crippen molar-refractivity contribution in [3.63, 3.8) is 0 Å². The highest BCUT2D eigenvalue weighted by atomic mass is 16.5. The van der Waals surface area contributed by atoms with Gasteiger partial charge < -0.3 is 20.3 Å². The van der Waals surface area contributed by atoms with Crippen LogP contribution in [-0.2, 0) is 16.0 Å². The molecule has 1 saturated carbocycles. The summed E-state index contributed by atoms with van der Waals surface area (Å²) in [6.45, 7) is 4.86. The Morgan fingerprint density at radius 3 is 2.72 bits per heavy atom. The van der Waals surface area contributed by atoms with Crippen molar-refractivity contribution in [2.24, 2.45) is 4.99 Å². The van der Waals surface area contributed by atoms with Crippen LogP contribution >= 0.6 is 0 Å². The predicted molar refractivity (Wildman–Crippen MR) is 117 cm³/mol. The smallest absolute Gasteiger partial charge is 0.244 e. The van der Waals surface area contributed by atoms with Gasteiger partial charge in [-0.25, -0.2) is 4.99 Å². The maximum absolute atomic E-state index is 12.4. The number of hydrogen-bond donors (Lipinski definition) is 2. The third-order valence-corrected chi connectivity index (χ3v) is 5.12. The van der Waals surface area contributed by atoms with Gasteiger partial charge in [0.15, 0.2) is 5.96 Å². The van der Waals surface area contributed by atoms with Crippen LogP contribution in [0.4, 0.5) is 0 Å². The molecule has 29 heavy (non-hydrogen) atoms. The molecule has 0 bridgehead atoms. The van der Waals surface area contributed by atoms with Gasteiger partial charge in [-0.15, -0.1) is 0 Å². The van der Waals surface area contributed by atoms with E-state index < -0.39 is 0 Å². The molecule has 0 aliphatic heterocycles. The Morgan fingerprint density at radius 2 is 2.03 bits per heavy atom. The maximum Gasteiger partial charge on any atom is 0.244 e. The lowest BCUT2D eigenvalue weighted by molar-refractivity contribution is -0.128. The number of amides is 1. The van der Waals surface area contributed by atoms with Crippen LogP contribution in [0.25, 0.3) is 0 Å². The van der Waals surface area contributed by atoms with Crippen molar-refractivity contribution < 1.29 is 9.53 Å². The van der Waals surface area contributed by atoms with Crippen molar-refractivity contribution in [2.75, 3.05) is 39.8 Å². The van der Waals surface area contributed by atoms with Gasteiger partial charge in [-0.2, -0.15) is 0 Å². The number of nitrogens with zero attached hydrogens (tertiary/aromatic N) is 3. The van der Waals surface area contributed by atoms with Crippen LogP contribution in [-0.4, -0.2) is 67.7 Å². The molecule has 0 radical (unpaired) electrons. The van der Waals surface area contributed by atoms with E-state index in [0.717, 1.165) is 18.7 Å². The molecule has 2 rings (SSSR count). The minimum atomic E-state index is -0.00663. The van der Waals surface area contributed by atoms with Crippen LogP contribution in [0.5, 0.6) is 0 Å². The molecule has 0 atom stereocenters. The molecule has 1 amide bonds. The molecule has 0 spiro atoms. The highest BCUT2D eigenvalue weighted by Crippen LogP contribution is 2.19. The van der Waals surface area contributed by atoms with Crippen LogP contribution in [0.15, 0.2) is 29.4 Å². The fourth-order valence-corrected chi connectivity index (χ4v) is 3.37. The van der Waals surface area contributed by atoms with E-state index in [-0.39, 0.29) is 12.5 Å². The molecule has 0 saturated heterocycles. The number of pyridine rings is 1. The van der Waals surface area contributed by atoms with E-state index in [1.165, 1.54) is 38.5 Å². The molecule has 7 heteroatoms. The Hall–Kier alpha value is -2.15. The number of carbonyl (C=O) groups excluding carboxylic acids is 1. The summed E-state index contributed by atoms with van der Waals surface area (Å²) >= 11 is 0. The molecule has 162 valence electrons. The van der Waals surface area contributed by atoms with Crippen molar-refractivity contribution in [1.82, 2.24) is 20.5 Å². The number of carbonyl (C=O) groups is 1. The first-order valence-electron chi connectivity index (χ1n) is 11.0. The highest BCUT2D eigenvalue weighted by Gasteiger charge is 2.12. The molecular formula is C22H37N5O2. The van der Waals surface area contributed by atoms with E-state index in [1.807, 2.05) is 32.2 Å². The first-order valence-corrected chi connectivity index (χ1v) is 11.0. The quantitative estimate of drug-likeness (QED) is 0.271. The van der Waals surface area contributed by atoms with Gasteiger partial charge in [-0.1, -0.05) is 31.7 Å². The Balaban J connectivity index is 1.68. The summed E-state index contributed by atoms with van der Waals surface area (Å²) in [5.74, 6) is 0.649. The normalized spacial score (nSPS) is 15.6. The summed E-state index contributed by atoms with van der Waals surface area (Å²) in [7, 11) is 1.81. The fourth-order valence-electron chi connectivity index (χ4n) is 3.37. The third-order valence-electron chi connectivity index (χ3n) is 5.12. The van der Waals surface area contributed by atoms with Gasteiger partial charge in [0.1, 0.15) is 6.54 Å². The molecule has 7 nitrogen and oxygen atoms in total. The number of rotatable bonds is 10. The summed E-state index contributed by atoms with van der Waals surface area (Å²) in [5, 5.41) is 6.45. The van der Waals surface area contributed by atoms with Crippen LogP contribution in [0.3, 0.4) is 0 Å². The van der Waals surface area contributed by atoms with E-state index in [2.05, 4.69) is 20.6 Å². The van der Waals surface area contributed by atoms with E-state index in [4.69, 9.17) is 4.74 Å². The summed E-state index contributed by atoms with van der Waals surface area (Å²) in [6.07, 6.45) is 10.5. The van der Waals surface area contributed by atoms with Crippen LogP contribution in [0.2, 0.25) is 0 Å². The molecular weight excluding hydrogens is 366 g/mol. The number of aliphatic imine (C=N–C) groups is 1. The molecule has 1 aliphatic carbocycles. The molecule has 1 aromatic rings. The maximum atomic E-state index is 12.4. The molecule has 1 aromatic heterocycles. The van der Waals surface area contributed by atoms with Gasteiger partial charge in [0.05, 0.1) is 12.7 Å². The SMILES string of the molecule is CCNC(=NCC(=O)N(C)CCc1ccccn1)NCCOC1CCCCCC1. The van der Waals surface area contributed by atoms with Crippen molar-refractivity contribution in [2.45, 2.75) is 58.0 Å². The highest BCUT2D eigenvalue weighted by molar-refractivity contribution is 5.84. The second-order valence-corrected chi connectivity index (χ2v) is 7.49. The average Bonchev–Trinajstić information content (AvgIpc) is 3.02. The van der Waals surface area contributed by atoms with Crippen LogP contribution in [0, 0.1) is 0 Å². The standard InChI is InChI=1S/C22H37N5O2/c1-3-23-22(25-15-17-29-20-11-6-4-5-7-12-20)26-18-21(28)27(2)16-13-19-10-8-9-14-24-19/h8-10,14,20H,3-7,11-13,15-18H2,1-2H3,(H2,23,25,26). The number of aromatic nitrogens is 1. The fraction of sp³-hybridized carbons (Fsp3) is 0.682. The Kier molecular flexibility index (Phi) is 11.1. The van der Waals surface area contributed by atoms with Crippen molar-refractivity contribution in [3.05, 3.63) is 30.1 Å². The molecule has 1 heterocycles. The summed E-state index contributed by atoms with van der Waals surface area (Å²) in [5.41, 5.74) is 0.985. The van der Waals surface area contributed by atoms with Gasteiger partial charge in [-0.3, -0.25) is 9.78 Å². The zero-order valence-corrected chi connectivity index (χ0v) is 18.0. The Bertz CT molecular complexity index is 600. The van der Waals surface area contributed by atoms with Crippen molar-refractivity contribution in [1.29, 1.82) is 0 Å². The lowest BCUT2D eigenvalue weighted by Gasteiger charge is -2.18. The van der Waals surface area contributed by atoms with Gasteiger partial charge in [0.25, 0.3) is 0 Å². The van der Waals surface area contributed by atoms with E-state index >= 15 is 0 Å². The van der Waals surface area contributed by atoms with Gasteiger partial charge >= 0.3 is 0 Å². The van der Waals surface area contributed by atoms with E-state index in [0.29, 0.717) is 31.8 Å². The second-order valence-electron chi connectivity index (χ2n) is 7.49. The topological polar surface area (TPSA) is 78.9 Å². The van der Waals surface area contributed by atoms with Crippen LogP contribution in [0.1, 0.15) is 51.1 Å². The summed E-state index contributed by atoms with van der Waals surface area (Å²) < 4.78 is 6.00. The minimum Gasteiger partial charge on any atom is -0.376 e. The molecule has 0 unspecified atom stereocenters. The van der Waals surface area contributed by atoms with Gasteiger partial charge in [0.2, 0.25) is 5.91 Å². The van der Waals surface area contributed by atoms with Crippen molar-refractivity contribution >= 4 is 11.9 Å². The van der Waals surface area contributed by atoms with E-state index in [1.54, 1.807) is 11.1 Å². The van der Waals surface area contributed by atoms with Gasteiger partial charge in [0, 0.05) is 45.0 Å². The second kappa shape index (κ2) is 13.9. The Labute approximate surface area is 175 Å². The first kappa shape index (κ1) is 23.1. The van der Waals surface area contributed by atoms with Crippen LogP contribution < -0.4 is 10.6 Å². The number of ether oxygens (including phenoxy) is 1. The predicted octanol–water partition coefficient (Wildman–Crippen LogP) is 2.38. The largest absolute Gasteiger partial charge is 0.376 e. The van der Waals surface area contributed by atoms with E-state index in [9.17, 15) is 4.79 Å². The average molecular weight is 404 g/mol. The number of nitrogens with one attached hydrogen (secondary N) is 2. The third kappa shape index (κ3) is 9.74. The molecule has 1 fully saturated rings. The zero-order chi connectivity index (χ0) is 20.7. The number of likely N-dealkylation sites (N-methyl/N-ethyl adjacent to an activating group) is 1. The lowest BCUT2D eigenvalue weighted by Crippen LogP contribution is -2.40. The number of hydrogen-bond acceptors (Lipinski definition) is 4. The minimum absolute atomic E-state index is 0.00663. The zero-order valence-electron chi connectivity index (χ0n) is 18.0. The monoisotopic (exact) mass is 403 g/mol. The number of guanidine groups is 1. The molecule has 1 aliphatic rings. The summed E-state index contributed by atoms with van der Waals surface area (Å²) in [4.78, 5) is 22.8. The molecule has 0 aromatic carbocycles.